The zero-order valence-electron chi connectivity index (χ0n) is 11.0. The third-order valence-corrected chi connectivity index (χ3v) is 3.07. The van der Waals surface area contributed by atoms with Gasteiger partial charge in [-0.2, -0.15) is 10.2 Å². The van der Waals surface area contributed by atoms with Crippen molar-refractivity contribution in [3.8, 4) is 17.6 Å². The lowest BCUT2D eigenvalue weighted by Crippen LogP contribution is -1.90. The van der Waals surface area contributed by atoms with E-state index in [-0.39, 0.29) is 0 Å². The number of nitriles is 1. The van der Waals surface area contributed by atoms with E-state index >= 15 is 0 Å². The van der Waals surface area contributed by atoms with E-state index in [9.17, 15) is 0 Å². The first-order chi connectivity index (χ1) is 9.78. The average Bonchev–Trinajstić information content (AvgIpc) is 2.94. The SMILES string of the molecule is Cc1cc(-c2noc(CCC#N)n2)nc2ccccc12. The minimum atomic E-state index is 0.367. The lowest BCUT2D eigenvalue weighted by atomic mass is 10.1. The summed E-state index contributed by atoms with van der Waals surface area (Å²) in [6.07, 6.45) is 0.835. The molecular weight excluding hydrogens is 252 g/mol. The van der Waals surface area contributed by atoms with Crippen LogP contribution in [0.1, 0.15) is 17.9 Å². The first-order valence-corrected chi connectivity index (χ1v) is 6.34. The van der Waals surface area contributed by atoms with Crippen molar-refractivity contribution in [1.29, 1.82) is 5.26 Å². The summed E-state index contributed by atoms with van der Waals surface area (Å²) >= 11 is 0. The van der Waals surface area contributed by atoms with Gasteiger partial charge in [0.2, 0.25) is 11.7 Å². The maximum absolute atomic E-state index is 8.55. The zero-order valence-corrected chi connectivity index (χ0v) is 11.0. The fraction of sp³-hybridized carbons (Fsp3) is 0.200. The maximum atomic E-state index is 8.55. The number of pyridine rings is 1. The van der Waals surface area contributed by atoms with Gasteiger partial charge in [-0.05, 0) is 24.6 Å². The minimum absolute atomic E-state index is 0.367. The molecule has 0 spiro atoms. The van der Waals surface area contributed by atoms with Gasteiger partial charge in [-0.25, -0.2) is 4.98 Å². The van der Waals surface area contributed by atoms with E-state index in [4.69, 9.17) is 9.78 Å². The molecule has 98 valence electrons. The van der Waals surface area contributed by atoms with Crippen LogP contribution in [-0.2, 0) is 6.42 Å². The van der Waals surface area contributed by atoms with Gasteiger partial charge in [0, 0.05) is 18.2 Å². The molecule has 0 unspecified atom stereocenters. The van der Waals surface area contributed by atoms with E-state index in [1.807, 2.05) is 37.3 Å². The molecule has 2 aromatic heterocycles. The van der Waals surface area contributed by atoms with Crippen LogP contribution in [0, 0.1) is 18.3 Å². The average molecular weight is 264 g/mol. The van der Waals surface area contributed by atoms with Crippen LogP contribution in [-0.4, -0.2) is 15.1 Å². The van der Waals surface area contributed by atoms with Crippen molar-refractivity contribution < 1.29 is 4.52 Å². The summed E-state index contributed by atoms with van der Waals surface area (Å²) in [5.41, 5.74) is 2.72. The molecule has 5 heteroatoms. The molecule has 0 aliphatic carbocycles. The van der Waals surface area contributed by atoms with Crippen LogP contribution in [0.2, 0.25) is 0 Å². The number of fused-ring (bicyclic) bond motifs is 1. The highest BCUT2D eigenvalue weighted by molar-refractivity contribution is 5.84. The van der Waals surface area contributed by atoms with E-state index in [0.717, 1.165) is 16.5 Å². The summed E-state index contributed by atoms with van der Waals surface area (Å²) in [6, 6.07) is 11.9. The Morgan fingerprint density at radius 1 is 1.25 bits per heavy atom. The number of hydrogen-bond donors (Lipinski definition) is 0. The number of nitrogens with zero attached hydrogens (tertiary/aromatic N) is 4. The minimum Gasteiger partial charge on any atom is -0.339 e. The molecule has 0 saturated carbocycles. The Morgan fingerprint density at radius 3 is 2.95 bits per heavy atom. The molecule has 0 fully saturated rings. The monoisotopic (exact) mass is 264 g/mol. The maximum Gasteiger partial charge on any atom is 0.228 e. The van der Waals surface area contributed by atoms with Crippen LogP contribution < -0.4 is 0 Å². The van der Waals surface area contributed by atoms with E-state index in [1.54, 1.807) is 0 Å². The molecule has 5 nitrogen and oxygen atoms in total. The molecule has 0 N–H and O–H groups in total. The molecule has 3 aromatic rings. The highest BCUT2D eigenvalue weighted by atomic mass is 16.5. The van der Waals surface area contributed by atoms with E-state index in [1.165, 1.54) is 0 Å². The lowest BCUT2D eigenvalue weighted by molar-refractivity contribution is 0.380. The molecule has 0 amide bonds. The fourth-order valence-electron chi connectivity index (χ4n) is 2.09. The highest BCUT2D eigenvalue weighted by Crippen LogP contribution is 2.22. The van der Waals surface area contributed by atoms with Crippen molar-refractivity contribution in [2.75, 3.05) is 0 Å². The van der Waals surface area contributed by atoms with Crippen LogP contribution in [0.25, 0.3) is 22.4 Å². The molecule has 0 saturated heterocycles. The summed E-state index contributed by atoms with van der Waals surface area (Å²) in [7, 11) is 0. The van der Waals surface area contributed by atoms with Crippen LogP contribution in [0.15, 0.2) is 34.9 Å². The second-order valence-electron chi connectivity index (χ2n) is 4.51. The van der Waals surface area contributed by atoms with Gasteiger partial charge in [-0.3, -0.25) is 0 Å². The number of hydrogen-bond acceptors (Lipinski definition) is 5. The van der Waals surface area contributed by atoms with Crippen LogP contribution in [0.4, 0.5) is 0 Å². The van der Waals surface area contributed by atoms with Crippen LogP contribution in [0.5, 0.6) is 0 Å². The van der Waals surface area contributed by atoms with Crippen molar-refractivity contribution in [2.45, 2.75) is 19.8 Å². The molecule has 0 aliphatic heterocycles. The Labute approximate surface area is 115 Å². The Bertz CT molecular complexity index is 801. The molecule has 20 heavy (non-hydrogen) atoms. The highest BCUT2D eigenvalue weighted by Gasteiger charge is 2.11. The predicted octanol–water partition coefficient (Wildman–Crippen LogP) is 3.05. The van der Waals surface area contributed by atoms with Crippen molar-refractivity contribution in [1.82, 2.24) is 15.1 Å². The van der Waals surface area contributed by atoms with Gasteiger partial charge in [-0.15, -0.1) is 0 Å². The number of aromatic nitrogens is 3. The van der Waals surface area contributed by atoms with Crippen molar-refractivity contribution in [3.05, 3.63) is 41.8 Å². The molecule has 1 aromatic carbocycles. The van der Waals surface area contributed by atoms with Crippen molar-refractivity contribution in [2.24, 2.45) is 0 Å². The van der Waals surface area contributed by atoms with Gasteiger partial charge in [0.05, 0.1) is 11.6 Å². The van der Waals surface area contributed by atoms with Gasteiger partial charge in [0.15, 0.2) is 0 Å². The summed E-state index contributed by atoms with van der Waals surface area (Å²) in [6.45, 7) is 2.03. The Kier molecular flexibility index (Phi) is 3.13. The summed E-state index contributed by atoms with van der Waals surface area (Å²) in [4.78, 5) is 8.82. The van der Waals surface area contributed by atoms with Crippen LogP contribution >= 0.6 is 0 Å². The summed E-state index contributed by atoms with van der Waals surface area (Å²) in [5, 5.41) is 13.6. The van der Waals surface area contributed by atoms with Crippen LogP contribution in [0.3, 0.4) is 0 Å². The summed E-state index contributed by atoms with van der Waals surface area (Å²) < 4.78 is 5.12. The predicted molar refractivity (Wildman–Crippen MR) is 73.7 cm³/mol. The Balaban J connectivity index is 2.02. The molecule has 2 heterocycles. The van der Waals surface area contributed by atoms with Crippen molar-refractivity contribution >= 4 is 10.9 Å². The molecule has 0 bridgehead atoms. The molecule has 3 rings (SSSR count). The smallest absolute Gasteiger partial charge is 0.228 e. The van der Waals surface area contributed by atoms with E-state index in [0.29, 0.717) is 30.3 Å². The second-order valence-corrected chi connectivity index (χ2v) is 4.51. The third kappa shape index (κ3) is 2.24. The summed E-state index contributed by atoms with van der Waals surface area (Å²) in [5.74, 6) is 0.931. The number of benzene rings is 1. The van der Waals surface area contributed by atoms with Gasteiger partial charge in [0.1, 0.15) is 5.69 Å². The second kappa shape index (κ2) is 5.10. The standard InChI is InChI=1S/C15H12N4O/c1-10-9-13(17-12-6-3-2-5-11(10)12)15-18-14(20-19-15)7-4-8-16/h2-3,5-6,9H,4,7H2,1H3. The number of para-hydroxylation sites is 1. The topological polar surface area (TPSA) is 75.6 Å². The Morgan fingerprint density at radius 2 is 2.10 bits per heavy atom. The van der Waals surface area contributed by atoms with Gasteiger partial charge in [-0.1, -0.05) is 23.4 Å². The molecular formula is C15H12N4O. The number of aryl methyl sites for hydroxylation is 2. The largest absolute Gasteiger partial charge is 0.339 e. The van der Waals surface area contributed by atoms with E-state index in [2.05, 4.69) is 21.2 Å². The third-order valence-electron chi connectivity index (χ3n) is 3.07. The molecule has 0 radical (unpaired) electrons. The van der Waals surface area contributed by atoms with Gasteiger partial charge < -0.3 is 4.52 Å². The number of rotatable bonds is 3. The normalized spacial score (nSPS) is 10.6. The lowest BCUT2D eigenvalue weighted by Gasteiger charge is -2.03. The zero-order chi connectivity index (χ0) is 13.9. The Hall–Kier alpha value is -2.74. The fourth-order valence-corrected chi connectivity index (χ4v) is 2.09. The molecule has 0 atom stereocenters. The van der Waals surface area contributed by atoms with Gasteiger partial charge in [0.25, 0.3) is 0 Å². The van der Waals surface area contributed by atoms with Gasteiger partial charge >= 0.3 is 0 Å². The first-order valence-electron chi connectivity index (χ1n) is 6.34. The molecule has 0 aliphatic rings. The van der Waals surface area contributed by atoms with Crippen molar-refractivity contribution in [3.63, 3.8) is 0 Å². The quantitative estimate of drug-likeness (QED) is 0.726. The van der Waals surface area contributed by atoms with E-state index < -0.39 is 0 Å². The first kappa shape index (κ1) is 12.3.